The fourth-order valence-electron chi connectivity index (χ4n) is 3.70. The van der Waals surface area contributed by atoms with Gasteiger partial charge in [-0.25, -0.2) is 0 Å². The lowest BCUT2D eigenvalue weighted by atomic mass is 10.1. The zero-order valence-corrected chi connectivity index (χ0v) is 21.9. The number of thiocarbonyl (C=S) groups is 1. The molecule has 4 aromatic carbocycles. The standard InChI is InChI=1S/C29H18Cl2N2O4S/c30-19-10-15-26(24(31)17-19)37-25-9-5-4-6-18(25)16-23-27(34)32-29(38)33(28(23)35)20-11-13-22(14-12-20)36-21-7-2-1-3-8-21/h1-17H,(H,32,34,38). The maximum atomic E-state index is 13.5. The number of para-hydroxylation sites is 2. The molecule has 38 heavy (non-hydrogen) atoms. The van der Waals surface area contributed by atoms with Crippen molar-refractivity contribution in [1.29, 1.82) is 0 Å². The van der Waals surface area contributed by atoms with Crippen molar-refractivity contribution in [3.8, 4) is 23.0 Å². The van der Waals surface area contributed by atoms with Crippen LogP contribution in [0.15, 0.2) is 103 Å². The van der Waals surface area contributed by atoms with E-state index in [1.807, 2.05) is 30.3 Å². The summed E-state index contributed by atoms with van der Waals surface area (Å²) >= 11 is 17.6. The molecule has 0 radical (unpaired) electrons. The molecule has 1 heterocycles. The van der Waals surface area contributed by atoms with E-state index in [4.69, 9.17) is 44.9 Å². The number of anilines is 1. The van der Waals surface area contributed by atoms with Crippen LogP contribution in [0.3, 0.4) is 0 Å². The lowest BCUT2D eigenvalue weighted by Crippen LogP contribution is -2.54. The summed E-state index contributed by atoms with van der Waals surface area (Å²) in [5, 5.41) is 3.36. The summed E-state index contributed by atoms with van der Waals surface area (Å²) in [6.45, 7) is 0. The minimum atomic E-state index is -0.611. The first-order valence-electron chi connectivity index (χ1n) is 11.4. The van der Waals surface area contributed by atoms with Gasteiger partial charge >= 0.3 is 0 Å². The molecule has 0 aromatic heterocycles. The third-order valence-corrected chi connectivity index (χ3v) is 6.32. The number of amides is 2. The number of carbonyl (C=O) groups excluding carboxylic acids is 2. The lowest BCUT2D eigenvalue weighted by Gasteiger charge is -2.29. The van der Waals surface area contributed by atoms with Gasteiger partial charge in [-0.05, 0) is 79.0 Å². The highest BCUT2D eigenvalue weighted by Crippen LogP contribution is 2.34. The topological polar surface area (TPSA) is 67.9 Å². The molecule has 0 aliphatic carbocycles. The van der Waals surface area contributed by atoms with E-state index in [0.29, 0.717) is 44.3 Å². The van der Waals surface area contributed by atoms with Crippen molar-refractivity contribution in [2.45, 2.75) is 0 Å². The Morgan fingerprint density at radius 2 is 1.45 bits per heavy atom. The van der Waals surface area contributed by atoms with Gasteiger partial charge in [-0.1, -0.05) is 59.6 Å². The lowest BCUT2D eigenvalue weighted by molar-refractivity contribution is -0.122. The molecule has 1 aliphatic heterocycles. The second-order valence-corrected chi connectivity index (χ2v) is 9.31. The fraction of sp³-hybridized carbons (Fsp3) is 0. The quantitative estimate of drug-likeness (QED) is 0.151. The first kappa shape index (κ1) is 25.5. The second-order valence-electron chi connectivity index (χ2n) is 8.08. The van der Waals surface area contributed by atoms with E-state index >= 15 is 0 Å². The Hall–Kier alpha value is -4.17. The monoisotopic (exact) mass is 560 g/mol. The van der Waals surface area contributed by atoms with E-state index in [2.05, 4.69) is 5.32 Å². The number of rotatable bonds is 6. The number of ether oxygens (including phenoxy) is 2. The molecular formula is C29H18Cl2N2O4S. The Morgan fingerprint density at radius 1 is 0.763 bits per heavy atom. The summed E-state index contributed by atoms with van der Waals surface area (Å²) in [6.07, 6.45) is 1.46. The first-order valence-corrected chi connectivity index (χ1v) is 12.5. The Balaban J connectivity index is 1.42. The molecule has 4 aromatic rings. The van der Waals surface area contributed by atoms with Crippen molar-refractivity contribution >= 4 is 64.1 Å². The van der Waals surface area contributed by atoms with Gasteiger partial charge in [-0.3, -0.25) is 19.8 Å². The van der Waals surface area contributed by atoms with Gasteiger partial charge < -0.3 is 9.47 Å². The van der Waals surface area contributed by atoms with E-state index in [-0.39, 0.29) is 10.7 Å². The van der Waals surface area contributed by atoms with Gasteiger partial charge in [0.25, 0.3) is 11.8 Å². The van der Waals surface area contributed by atoms with Gasteiger partial charge in [0.2, 0.25) is 0 Å². The number of hydrogen-bond acceptors (Lipinski definition) is 5. The van der Waals surface area contributed by atoms with Crippen molar-refractivity contribution in [3.63, 3.8) is 0 Å². The Bertz CT molecular complexity index is 1570. The predicted octanol–water partition coefficient (Wildman–Crippen LogP) is 7.41. The van der Waals surface area contributed by atoms with Crippen LogP contribution in [0.25, 0.3) is 6.08 Å². The first-order chi connectivity index (χ1) is 18.4. The summed E-state index contributed by atoms with van der Waals surface area (Å²) in [5.41, 5.74) is 0.863. The molecular weight excluding hydrogens is 543 g/mol. The van der Waals surface area contributed by atoms with Gasteiger partial charge in [0.1, 0.15) is 28.6 Å². The van der Waals surface area contributed by atoms with Crippen LogP contribution in [0.4, 0.5) is 5.69 Å². The molecule has 0 saturated carbocycles. The third kappa shape index (κ3) is 5.55. The van der Waals surface area contributed by atoms with Crippen LogP contribution in [-0.2, 0) is 9.59 Å². The molecule has 2 amide bonds. The average Bonchev–Trinajstić information content (AvgIpc) is 2.90. The number of nitrogens with zero attached hydrogens (tertiary/aromatic N) is 1. The Labute approximate surface area is 234 Å². The molecule has 1 fully saturated rings. The maximum absolute atomic E-state index is 13.5. The van der Waals surface area contributed by atoms with Gasteiger partial charge in [-0.15, -0.1) is 0 Å². The largest absolute Gasteiger partial charge is 0.457 e. The second kappa shape index (κ2) is 11.1. The number of benzene rings is 4. The minimum absolute atomic E-state index is 0.0219. The summed E-state index contributed by atoms with van der Waals surface area (Å²) in [4.78, 5) is 27.6. The molecule has 1 saturated heterocycles. The van der Waals surface area contributed by atoms with E-state index in [1.54, 1.807) is 66.7 Å². The number of carbonyl (C=O) groups is 2. The highest BCUT2D eigenvalue weighted by Gasteiger charge is 2.34. The highest BCUT2D eigenvalue weighted by molar-refractivity contribution is 7.80. The summed E-state index contributed by atoms with van der Waals surface area (Å²) in [7, 11) is 0. The predicted molar refractivity (Wildman–Crippen MR) is 152 cm³/mol. The SMILES string of the molecule is O=C1NC(=S)N(c2ccc(Oc3ccccc3)cc2)C(=O)C1=Cc1ccccc1Oc1ccc(Cl)cc1Cl. The molecule has 188 valence electrons. The summed E-state index contributed by atoms with van der Waals surface area (Å²) in [6, 6.07) is 28.0. The molecule has 0 unspecified atom stereocenters. The van der Waals surface area contributed by atoms with Crippen LogP contribution in [-0.4, -0.2) is 16.9 Å². The normalized spacial score (nSPS) is 14.4. The highest BCUT2D eigenvalue weighted by atomic mass is 35.5. The Kier molecular flexibility index (Phi) is 7.42. The molecule has 9 heteroatoms. The van der Waals surface area contributed by atoms with Crippen molar-refractivity contribution in [1.82, 2.24) is 5.32 Å². The molecule has 0 atom stereocenters. The van der Waals surface area contributed by atoms with Gasteiger partial charge in [0.15, 0.2) is 5.11 Å². The molecule has 0 bridgehead atoms. The van der Waals surface area contributed by atoms with E-state index in [0.717, 1.165) is 0 Å². The third-order valence-electron chi connectivity index (χ3n) is 5.51. The van der Waals surface area contributed by atoms with Gasteiger partial charge in [-0.2, -0.15) is 0 Å². The van der Waals surface area contributed by atoms with Gasteiger partial charge in [0, 0.05) is 10.6 Å². The van der Waals surface area contributed by atoms with E-state index < -0.39 is 11.8 Å². The van der Waals surface area contributed by atoms with Crippen LogP contribution < -0.4 is 19.7 Å². The van der Waals surface area contributed by atoms with E-state index in [1.165, 1.54) is 11.0 Å². The fourth-order valence-corrected chi connectivity index (χ4v) is 4.43. The zero-order valence-electron chi connectivity index (χ0n) is 19.6. The maximum Gasteiger partial charge on any atom is 0.270 e. The smallest absolute Gasteiger partial charge is 0.270 e. The molecule has 5 rings (SSSR count). The van der Waals surface area contributed by atoms with Crippen molar-refractivity contribution < 1.29 is 19.1 Å². The molecule has 1 N–H and O–H groups in total. The van der Waals surface area contributed by atoms with Crippen LogP contribution in [0, 0.1) is 0 Å². The average molecular weight is 561 g/mol. The number of nitrogens with one attached hydrogen (secondary N) is 1. The number of halogens is 2. The molecule has 0 spiro atoms. The zero-order chi connectivity index (χ0) is 26.6. The molecule has 1 aliphatic rings. The van der Waals surface area contributed by atoms with Crippen LogP contribution >= 0.6 is 35.4 Å². The van der Waals surface area contributed by atoms with Crippen molar-refractivity contribution in [2.75, 3.05) is 4.90 Å². The van der Waals surface area contributed by atoms with E-state index in [9.17, 15) is 9.59 Å². The van der Waals surface area contributed by atoms with Crippen LogP contribution in [0.1, 0.15) is 5.56 Å². The van der Waals surface area contributed by atoms with Gasteiger partial charge in [0.05, 0.1) is 10.7 Å². The number of hydrogen-bond donors (Lipinski definition) is 1. The summed E-state index contributed by atoms with van der Waals surface area (Å²) < 4.78 is 11.8. The summed E-state index contributed by atoms with van der Waals surface area (Å²) in [5.74, 6) is 0.855. The van der Waals surface area contributed by atoms with Crippen LogP contribution in [0.2, 0.25) is 10.0 Å². The molecule has 6 nitrogen and oxygen atoms in total. The van der Waals surface area contributed by atoms with Crippen LogP contribution in [0.5, 0.6) is 23.0 Å². The van der Waals surface area contributed by atoms with Crippen molar-refractivity contribution in [3.05, 3.63) is 118 Å². The van der Waals surface area contributed by atoms with Crippen molar-refractivity contribution in [2.24, 2.45) is 0 Å². The minimum Gasteiger partial charge on any atom is -0.457 e. The Morgan fingerprint density at radius 3 is 2.18 bits per heavy atom.